The number of hydrogen-bond donors (Lipinski definition) is 2. The molecule has 12 heteroatoms. The second-order valence-electron chi connectivity index (χ2n) is 8.58. The lowest BCUT2D eigenvalue weighted by atomic mass is 10.1. The Balaban J connectivity index is 1.37. The van der Waals surface area contributed by atoms with Crippen molar-refractivity contribution in [3.63, 3.8) is 0 Å². The van der Waals surface area contributed by atoms with Crippen LogP contribution in [-0.4, -0.2) is 83.2 Å². The Kier molecular flexibility index (Phi) is 8.59. The zero-order valence-corrected chi connectivity index (χ0v) is 21.3. The quantitative estimate of drug-likeness (QED) is 0.427. The smallest absolute Gasteiger partial charge is 0.319 e. The van der Waals surface area contributed by atoms with Gasteiger partial charge in [0.25, 0.3) is 0 Å². The van der Waals surface area contributed by atoms with Gasteiger partial charge >= 0.3 is 5.97 Å². The van der Waals surface area contributed by atoms with Crippen molar-refractivity contribution >= 4 is 40.7 Å². The molecule has 37 heavy (non-hydrogen) atoms. The summed E-state index contributed by atoms with van der Waals surface area (Å²) in [5.41, 5.74) is 2.48. The summed E-state index contributed by atoms with van der Waals surface area (Å²) in [6.45, 7) is 4.95. The number of methoxy groups -OCH3 is 1. The van der Waals surface area contributed by atoms with Gasteiger partial charge in [-0.3, -0.25) is 19.4 Å². The molecule has 3 aromatic rings. The van der Waals surface area contributed by atoms with E-state index in [-0.39, 0.29) is 30.5 Å². The van der Waals surface area contributed by atoms with Gasteiger partial charge in [0.15, 0.2) is 0 Å². The highest BCUT2D eigenvalue weighted by molar-refractivity contribution is 6.30. The predicted octanol–water partition coefficient (Wildman–Crippen LogP) is 3.11. The van der Waals surface area contributed by atoms with E-state index in [1.165, 1.54) is 25.3 Å². The summed E-state index contributed by atoms with van der Waals surface area (Å²) < 4.78 is 19.0. The molecule has 2 aromatic heterocycles. The Labute approximate surface area is 218 Å². The summed E-state index contributed by atoms with van der Waals surface area (Å²) in [7, 11) is 1.37. The molecule has 2 N–H and O–H groups in total. The molecular weight excluding hydrogens is 501 g/mol. The molecule has 0 spiro atoms. The van der Waals surface area contributed by atoms with E-state index < -0.39 is 5.82 Å². The third-order valence-corrected chi connectivity index (χ3v) is 6.14. The molecule has 1 aliphatic rings. The number of halogens is 2. The highest BCUT2D eigenvalue weighted by Crippen LogP contribution is 2.28. The molecule has 0 unspecified atom stereocenters. The van der Waals surface area contributed by atoms with Gasteiger partial charge in [-0.25, -0.2) is 9.37 Å². The van der Waals surface area contributed by atoms with Crippen LogP contribution in [0.3, 0.4) is 0 Å². The first kappa shape index (κ1) is 26.4. The second kappa shape index (κ2) is 12.0. The molecule has 10 nitrogen and oxygen atoms in total. The number of nitrogens with zero attached hydrogens (tertiary/aromatic N) is 5. The van der Waals surface area contributed by atoms with Crippen LogP contribution in [0.15, 0.2) is 42.6 Å². The number of aryl methyl sites for hydroxylation is 1. The molecule has 1 amide bonds. The fourth-order valence-corrected chi connectivity index (χ4v) is 4.05. The van der Waals surface area contributed by atoms with Crippen molar-refractivity contribution in [1.82, 2.24) is 25.0 Å². The lowest BCUT2D eigenvalue weighted by Gasteiger charge is -2.33. The summed E-state index contributed by atoms with van der Waals surface area (Å²) in [4.78, 5) is 32.3. The zero-order chi connectivity index (χ0) is 26.4. The van der Waals surface area contributed by atoms with Crippen molar-refractivity contribution in [3.8, 4) is 11.3 Å². The number of rotatable bonds is 8. The van der Waals surface area contributed by atoms with Crippen LogP contribution in [0.1, 0.15) is 5.69 Å². The van der Waals surface area contributed by atoms with Gasteiger partial charge in [-0.15, -0.1) is 0 Å². The molecule has 1 aliphatic heterocycles. The lowest BCUT2D eigenvalue weighted by molar-refractivity contribution is -0.142. The number of aromatic nitrogens is 3. The minimum atomic E-state index is -0.452. The first-order chi connectivity index (χ1) is 17.8. The third-order valence-electron chi connectivity index (χ3n) is 5.90. The number of carbonyl (C=O) groups is 2. The van der Waals surface area contributed by atoms with Crippen molar-refractivity contribution in [2.45, 2.75) is 6.92 Å². The Bertz CT molecular complexity index is 1280. The monoisotopic (exact) mass is 527 g/mol. The van der Waals surface area contributed by atoms with E-state index in [2.05, 4.69) is 25.8 Å². The second-order valence-corrected chi connectivity index (χ2v) is 9.02. The maximum atomic E-state index is 14.3. The summed E-state index contributed by atoms with van der Waals surface area (Å²) in [6.07, 6.45) is 1.57. The molecular formula is C25H27ClFN7O3. The summed E-state index contributed by atoms with van der Waals surface area (Å²) in [5, 5.41) is 14.7. The van der Waals surface area contributed by atoms with E-state index in [0.29, 0.717) is 59.8 Å². The van der Waals surface area contributed by atoms with Gasteiger partial charge in [-0.2, -0.15) is 10.2 Å². The molecule has 0 saturated carbocycles. The number of carbonyl (C=O) groups excluding carboxylic acids is 2. The normalized spacial score (nSPS) is 14.3. The van der Waals surface area contributed by atoms with Crippen LogP contribution in [0, 0.1) is 12.7 Å². The Hall–Kier alpha value is -3.67. The number of nitrogens with one attached hydrogen (secondary N) is 2. The Morgan fingerprint density at radius 2 is 1.78 bits per heavy atom. The van der Waals surface area contributed by atoms with Crippen molar-refractivity contribution in [2.75, 3.05) is 57.0 Å². The molecule has 1 saturated heterocycles. The maximum absolute atomic E-state index is 14.3. The summed E-state index contributed by atoms with van der Waals surface area (Å²) >= 11 is 6.02. The average Bonchev–Trinajstić information content (AvgIpc) is 2.88. The third kappa shape index (κ3) is 7.19. The standard InChI is InChI=1S/C25H27ClFN7O3/c1-16-21(13-22(32-31-16)19-11-17(26)3-4-20(19)27)29-18-5-6-28-23(12-18)30-24(35)14-33-7-9-34(10-8-33)15-25(36)37-2/h3-6,11-13H,7-10,14-15H2,1-2H3,(H2,28,29,30,32,35). The van der Waals surface area contributed by atoms with Crippen molar-refractivity contribution in [2.24, 2.45) is 0 Å². The minimum Gasteiger partial charge on any atom is -0.468 e. The van der Waals surface area contributed by atoms with Crippen LogP contribution in [0.2, 0.25) is 5.02 Å². The van der Waals surface area contributed by atoms with E-state index in [4.69, 9.17) is 16.3 Å². The Morgan fingerprint density at radius 1 is 1.05 bits per heavy atom. The molecule has 1 fully saturated rings. The van der Waals surface area contributed by atoms with Crippen LogP contribution in [0.25, 0.3) is 11.3 Å². The molecule has 0 aliphatic carbocycles. The maximum Gasteiger partial charge on any atom is 0.319 e. The molecule has 0 atom stereocenters. The van der Waals surface area contributed by atoms with Crippen LogP contribution >= 0.6 is 11.6 Å². The molecule has 0 radical (unpaired) electrons. The lowest BCUT2D eigenvalue weighted by Crippen LogP contribution is -2.49. The van der Waals surface area contributed by atoms with Gasteiger partial charge in [0.05, 0.1) is 37.3 Å². The predicted molar refractivity (Wildman–Crippen MR) is 138 cm³/mol. The molecule has 4 rings (SSSR count). The van der Waals surface area contributed by atoms with Gasteiger partial charge in [0, 0.05) is 54.7 Å². The molecule has 194 valence electrons. The van der Waals surface area contributed by atoms with Crippen molar-refractivity contribution < 1.29 is 18.7 Å². The highest BCUT2D eigenvalue weighted by Gasteiger charge is 2.21. The van der Waals surface area contributed by atoms with E-state index in [9.17, 15) is 14.0 Å². The first-order valence-electron chi connectivity index (χ1n) is 11.6. The van der Waals surface area contributed by atoms with Crippen LogP contribution in [0.4, 0.5) is 21.6 Å². The summed E-state index contributed by atoms with van der Waals surface area (Å²) in [6, 6.07) is 9.39. The van der Waals surface area contributed by atoms with Gasteiger partial charge in [0.2, 0.25) is 5.91 Å². The SMILES string of the molecule is COC(=O)CN1CCN(CC(=O)Nc2cc(Nc3cc(-c4cc(Cl)ccc4F)nnc3C)ccn2)CC1. The van der Waals surface area contributed by atoms with Gasteiger partial charge in [-0.1, -0.05) is 11.6 Å². The number of benzene rings is 1. The van der Waals surface area contributed by atoms with Crippen molar-refractivity contribution in [3.05, 3.63) is 59.1 Å². The fourth-order valence-electron chi connectivity index (χ4n) is 3.87. The van der Waals surface area contributed by atoms with E-state index in [1.807, 2.05) is 9.80 Å². The number of pyridine rings is 1. The van der Waals surface area contributed by atoms with Crippen molar-refractivity contribution in [1.29, 1.82) is 0 Å². The topological polar surface area (TPSA) is 113 Å². The van der Waals surface area contributed by atoms with Crippen LogP contribution in [0.5, 0.6) is 0 Å². The van der Waals surface area contributed by atoms with E-state index in [1.54, 1.807) is 31.3 Å². The number of esters is 1. The number of ether oxygens (including phenoxy) is 1. The van der Waals surface area contributed by atoms with Crippen LogP contribution in [-0.2, 0) is 14.3 Å². The fraction of sp³-hybridized carbons (Fsp3) is 0.320. The first-order valence-corrected chi connectivity index (χ1v) is 12.0. The summed E-state index contributed by atoms with van der Waals surface area (Å²) in [5.74, 6) is -0.518. The zero-order valence-electron chi connectivity index (χ0n) is 20.5. The van der Waals surface area contributed by atoms with Gasteiger partial charge in [0.1, 0.15) is 11.6 Å². The highest BCUT2D eigenvalue weighted by atomic mass is 35.5. The number of hydrogen-bond acceptors (Lipinski definition) is 9. The number of anilines is 3. The molecule has 1 aromatic carbocycles. The number of piperazine rings is 1. The minimum absolute atomic E-state index is 0.188. The van der Waals surface area contributed by atoms with Gasteiger partial charge in [-0.05, 0) is 37.3 Å². The van der Waals surface area contributed by atoms with Crippen LogP contribution < -0.4 is 10.6 Å². The molecule has 3 heterocycles. The average molecular weight is 528 g/mol. The number of amides is 1. The Morgan fingerprint density at radius 3 is 2.51 bits per heavy atom. The van der Waals surface area contributed by atoms with E-state index >= 15 is 0 Å². The van der Waals surface area contributed by atoms with Gasteiger partial charge < -0.3 is 15.4 Å². The van der Waals surface area contributed by atoms with E-state index in [0.717, 1.165) is 0 Å². The largest absolute Gasteiger partial charge is 0.468 e. The molecule has 0 bridgehead atoms.